The van der Waals surface area contributed by atoms with Crippen molar-refractivity contribution in [3.05, 3.63) is 101 Å². The van der Waals surface area contributed by atoms with Crippen LogP contribution >= 0.6 is 11.8 Å². The molecular weight excluding hydrogens is 380 g/mol. The minimum Gasteiger partial charge on any atom is -0.465 e. The van der Waals surface area contributed by atoms with Crippen molar-refractivity contribution in [1.29, 1.82) is 0 Å². The van der Waals surface area contributed by atoms with Crippen LogP contribution in [0.5, 0.6) is 0 Å². The first-order valence-corrected chi connectivity index (χ1v) is 10.1. The van der Waals surface area contributed by atoms with Crippen LogP contribution in [0.4, 0.5) is 11.4 Å². The standard InChI is InChI=1S/C24H20N2O2S/c1-17-9-3-5-13-20(17)25-24-26(21-14-6-4-10-18(21)2)23(27)22(29-24)15-7-11-19-12-8-16-28-19/h3-16H,1-2H3/b11-7-,22-15+,25-24?. The van der Waals surface area contributed by atoms with Crippen LogP contribution in [0.2, 0.25) is 0 Å². The summed E-state index contributed by atoms with van der Waals surface area (Å²) in [5, 5.41) is 0.649. The molecule has 0 N–H and O–H groups in total. The molecule has 1 amide bonds. The molecule has 0 saturated carbocycles. The first-order valence-electron chi connectivity index (χ1n) is 9.27. The predicted octanol–water partition coefficient (Wildman–Crippen LogP) is 6.26. The van der Waals surface area contributed by atoms with Crippen LogP contribution in [0.1, 0.15) is 16.9 Å². The fourth-order valence-corrected chi connectivity index (χ4v) is 3.94. The van der Waals surface area contributed by atoms with E-state index in [1.807, 2.05) is 86.7 Å². The number of nitrogens with zero attached hydrogens (tertiary/aromatic N) is 2. The number of amides is 1. The van der Waals surface area contributed by atoms with Gasteiger partial charge in [0.2, 0.25) is 0 Å². The zero-order valence-corrected chi connectivity index (χ0v) is 17.0. The average Bonchev–Trinajstić information content (AvgIpc) is 3.33. The fourth-order valence-electron chi connectivity index (χ4n) is 3.00. The molecule has 1 aliphatic heterocycles. The minimum absolute atomic E-state index is 0.0827. The molecule has 0 aliphatic carbocycles. The first kappa shape index (κ1) is 19.0. The highest BCUT2D eigenvalue weighted by Crippen LogP contribution is 2.37. The third-order valence-electron chi connectivity index (χ3n) is 4.55. The Morgan fingerprint density at radius 3 is 2.45 bits per heavy atom. The van der Waals surface area contributed by atoms with E-state index in [9.17, 15) is 4.79 Å². The van der Waals surface area contributed by atoms with Crippen molar-refractivity contribution >= 4 is 40.3 Å². The predicted molar refractivity (Wildman–Crippen MR) is 120 cm³/mol. The Morgan fingerprint density at radius 2 is 1.72 bits per heavy atom. The summed E-state index contributed by atoms with van der Waals surface area (Å²) in [6.45, 7) is 4.01. The number of amidine groups is 1. The third-order valence-corrected chi connectivity index (χ3v) is 5.53. The topological polar surface area (TPSA) is 45.8 Å². The molecule has 1 saturated heterocycles. The van der Waals surface area contributed by atoms with E-state index in [1.54, 1.807) is 17.2 Å². The Balaban J connectivity index is 1.74. The van der Waals surface area contributed by atoms with E-state index >= 15 is 0 Å². The maximum absolute atomic E-state index is 13.2. The van der Waals surface area contributed by atoms with Gasteiger partial charge in [-0.1, -0.05) is 42.5 Å². The van der Waals surface area contributed by atoms with Gasteiger partial charge in [-0.15, -0.1) is 0 Å². The Morgan fingerprint density at radius 1 is 0.966 bits per heavy atom. The van der Waals surface area contributed by atoms with Gasteiger partial charge in [-0.25, -0.2) is 4.99 Å². The lowest BCUT2D eigenvalue weighted by atomic mass is 10.2. The van der Waals surface area contributed by atoms with Gasteiger partial charge in [0.25, 0.3) is 5.91 Å². The molecule has 144 valence electrons. The summed E-state index contributed by atoms with van der Waals surface area (Å²) in [7, 11) is 0. The van der Waals surface area contributed by atoms with Crippen LogP contribution < -0.4 is 4.90 Å². The number of rotatable bonds is 4. The lowest BCUT2D eigenvalue weighted by Crippen LogP contribution is -2.29. The number of furan rings is 1. The number of aryl methyl sites for hydroxylation is 2. The first-order chi connectivity index (χ1) is 14.1. The number of anilines is 1. The Kier molecular flexibility index (Phi) is 5.49. The number of allylic oxidation sites excluding steroid dienone is 2. The molecule has 2 heterocycles. The zero-order valence-electron chi connectivity index (χ0n) is 16.2. The molecule has 1 aromatic heterocycles. The van der Waals surface area contributed by atoms with Crippen molar-refractivity contribution in [1.82, 2.24) is 0 Å². The van der Waals surface area contributed by atoms with Gasteiger partial charge in [-0.3, -0.25) is 9.69 Å². The van der Waals surface area contributed by atoms with Crippen molar-refractivity contribution in [2.45, 2.75) is 13.8 Å². The summed E-state index contributed by atoms with van der Waals surface area (Å²) in [6, 6.07) is 19.4. The fraction of sp³-hybridized carbons (Fsp3) is 0.0833. The molecule has 4 rings (SSSR count). The molecule has 1 fully saturated rings. The molecule has 4 nitrogen and oxygen atoms in total. The molecule has 0 spiro atoms. The van der Waals surface area contributed by atoms with Gasteiger partial charge in [0.1, 0.15) is 5.76 Å². The van der Waals surface area contributed by atoms with Gasteiger partial charge in [0.05, 0.1) is 22.5 Å². The van der Waals surface area contributed by atoms with Crippen molar-refractivity contribution in [2.24, 2.45) is 4.99 Å². The van der Waals surface area contributed by atoms with Crippen molar-refractivity contribution in [2.75, 3.05) is 4.90 Å². The lowest BCUT2D eigenvalue weighted by molar-refractivity contribution is -0.113. The normalized spacial score (nSPS) is 17.2. The Hall–Kier alpha value is -3.31. The molecule has 0 atom stereocenters. The number of hydrogen-bond acceptors (Lipinski definition) is 4. The van der Waals surface area contributed by atoms with E-state index < -0.39 is 0 Å². The maximum Gasteiger partial charge on any atom is 0.271 e. The molecule has 0 unspecified atom stereocenters. The SMILES string of the molecule is Cc1ccccc1N=C1S/C(=C/C=C\c2ccco2)C(=O)N1c1ccccc1C. The second-order valence-corrected chi connectivity index (χ2v) is 7.62. The molecule has 2 aromatic carbocycles. The highest BCUT2D eigenvalue weighted by Gasteiger charge is 2.35. The van der Waals surface area contributed by atoms with E-state index in [-0.39, 0.29) is 5.91 Å². The highest BCUT2D eigenvalue weighted by molar-refractivity contribution is 8.19. The number of carbonyl (C=O) groups excluding carboxylic acids is 1. The van der Waals surface area contributed by atoms with Crippen molar-refractivity contribution in [3.63, 3.8) is 0 Å². The van der Waals surface area contributed by atoms with Crippen LogP contribution in [0, 0.1) is 13.8 Å². The number of thioether (sulfide) groups is 1. The minimum atomic E-state index is -0.0827. The maximum atomic E-state index is 13.2. The molecule has 0 radical (unpaired) electrons. The van der Waals surface area contributed by atoms with Crippen LogP contribution in [-0.2, 0) is 4.79 Å². The molecular formula is C24H20N2O2S. The number of benzene rings is 2. The van der Waals surface area contributed by atoms with E-state index in [0.29, 0.717) is 10.1 Å². The smallest absolute Gasteiger partial charge is 0.271 e. The number of aliphatic imine (C=N–C) groups is 1. The van der Waals surface area contributed by atoms with Gasteiger partial charge in [0.15, 0.2) is 5.17 Å². The van der Waals surface area contributed by atoms with Crippen LogP contribution in [0.3, 0.4) is 0 Å². The Labute approximate surface area is 174 Å². The molecule has 1 aliphatic rings. The second-order valence-electron chi connectivity index (χ2n) is 6.62. The summed E-state index contributed by atoms with van der Waals surface area (Å²) in [4.78, 5) is 20.4. The van der Waals surface area contributed by atoms with Gasteiger partial charge in [0, 0.05) is 0 Å². The second kappa shape index (κ2) is 8.37. The van der Waals surface area contributed by atoms with Gasteiger partial charge < -0.3 is 4.42 Å². The molecule has 29 heavy (non-hydrogen) atoms. The summed E-state index contributed by atoms with van der Waals surface area (Å²) < 4.78 is 5.30. The Bertz CT molecular complexity index is 1130. The third kappa shape index (κ3) is 4.10. The highest BCUT2D eigenvalue weighted by atomic mass is 32.2. The van der Waals surface area contributed by atoms with Crippen LogP contribution in [0.25, 0.3) is 6.08 Å². The lowest BCUT2D eigenvalue weighted by Gasteiger charge is -2.18. The van der Waals surface area contributed by atoms with Gasteiger partial charge in [-0.05, 0) is 73.2 Å². The summed E-state index contributed by atoms with van der Waals surface area (Å²) >= 11 is 1.38. The molecule has 3 aromatic rings. The van der Waals surface area contributed by atoms with Crippen molar-refractivity contribution in [3.8, 4) is 0 Å². The van der Waals surface area contributed by atoms with Gasteiger partial charge >= 0.3 is 0 Å². The van der Waals surface area contributed by atoms with Crippen LogP contribution in [0.15, 0.2) is 93.4 Å². The van der Waals surface area contributed by atoms with Gasteiger partial charge in [-0.2, -0.15) is 0 Å². The quantitative estimate of drug-likeness (QED) is 0.486. The van der Waals surface area contributed by atoms with E-state index in [2.05, 4.69) is 0 Å². The monoisotopic (exact) mass is 400 g/mol. The van der Waals surface area contributed by atoms with E-state index in [4.69, 9.17) is 9.41 Å². The summed E-state index contributed by atoms with van der Waals surface area (Å²) in [5.74, 6) is 0.655. The number of para-hydroxylation sites is 2. The van der Waals surface area contributed by atoms with E-state index in [1.165, 1.54) is 11.8 Å². The summed E-state index contributed by atoms with van der Waals surface area (Å²) in [5.41, 5.74) is 3.78. The molecule has 5 heteroatoms. The van der Waals surface area contributed by atoms with Crippen LogP contribution in [-0.4, -0.2) is 11.1 Å². The summed E-state index contributed by atoms with van der Waals surface area (Å²) in [6.07, 6.45) is 7.08. The zero-order chi connectivity index (χ0) is 20.2. The number of carbonyl (C=O) groups is 1. The average molecular weight is 401 g/mol. The van der Waals surface area contributed by atoms with E-state index in [0.717, 1.165) is 28.3 Å². The molecule has 0 bridgehead atoms. The number of hydrogen-bond donors (Lipinski definition) is 0. The largest absolute Gasteiger partial charge is 0.465 e. The van der Waals surface area contributed by atoms with Crippen molar-refractivity contribution < 1.29 is 9.21 Å².